The Morgan fingerprint density at radius 2 is 2.05 bits per heavy atom. The summed E-state index contributed by atoms with van der Waals surface area (Å²) in [7, 11) is 0. The van der Waals surface area contributed by atoms with Gasteiger partial charge in [0.2, 0.25) is 5.91 Å². The third-order valence-corrected chi connectivity index (χ3v) is 3.72. The summed E-state index contributed by atoms with van der Waals surface area (Å²) in [5.74, 6) is 0.0196. The molecule has 0 bridgehead atoms. The zero-order valence-electron chi connectivity index (χ0n) is 12.3. The Bertz CT molecular complexity index is 634. The number of allylic oxidation sites excluding steroid dienone is 1. The quantitative estimate of drug-likeness (QED) is 0.895. The lowest BCUT2D eigenvalue weighted by molar-refractivity contribution is -0.120. The summed E-state index contributed by atoms with van der Waals surface area (Å²) in [6.45, 7) is 4.71. The van der Waals surface area contributed by atoms with Crippen LogP contribution in [0.2, 0.25) is 0 Å². The van der Waals surface area contributed by atoms with Gasteiger partial charge in [0.05, 0.1) is 6.54 Å². The van der Waals surface area contributed by atoms with Crippen molar-refractivity contribution in [3.8, 4) is 0 Å². The summed E-state index contributed by atoms with van der Waals surface area (Å²) in [6.07, 6.45) is 2.71. The Kier molecular flexibility index (Phi) is 3.41. The van der Waals surface area contributed by atoms with Crippen molar-refractivity contribution in [2.45, 2.75) is 39.3 Å². The van der Waals surface area contributed by atoms with Crippen LogP contribution in [0.3, 0.4) is 0 Å². The first-order valence-electron chi connectivity index (χ1n) is 7.24. The molecule has 0 saturated heterocycles. The summed E-state index contributed by atoms with van der Waals surface area (Å²) in [4.78, 5) is 25.5. The fraction of sp³-hybridized carbons (Fsp3) is 0.375. The van der Waals surface area contributed by atoms with E-state index in [0.29, 0.717) is 25.4 Å². The van der Waals surface area contributed by atoms with Gasteiger partial charge in [0.1, 0.15) is 0 Å². The molecule has 110 valence electrons. The van der Waals surface area contributed by atoms with Gasteiger partial charge in [-0.3, -0.25) is 9.59 Å². The molecule has 2 amide bonds. The zero-order valence-corrected chi connectivity index (χ0v) is 12.3. The minimum absolute atomic E-state index is 0.00586. The van der Waals surface area contributed by atoms with Crippen molar-refractivity contribution < 1.29 is 9.59 Å². The number of hydrogen-bond donors (Lipinski definition) is 2. The highest BCUT2D eigenvalue weighted by Crippen LogP contribution is 2.30. The molecule has 21 heavy (non-hydrogen) atoms. The molecular weight excluding hydrogens is 266 g/mol. The van der Waals surface area contributed by atoms with Gasteiger partial charge < -0.3 is 15.5 Å². The molecule has 0 fully saturated rings. The predicted octanol–water partition coefficient (Wildman–Crippen LogP) is 2.21. The van der Waals surface area contributed by atoms with Crippen molar-refractivity contribution in [3.05, 3.63) is 41.2 Å². The third-order valence-electron chi connectivity index (χ3n) is 3.72. The van der Waals surface area contributed by atoms with Gasteiger partial charge in [0.25, 0.3) is 5.91 Å². The van der Waals surface area contributed by atoms with Crippen molar-refractivity contribution in [2.75, 3.05) is 5.32 Å². The second-order valence-electron chi connectivity index (χ2n) is 5.77. The number of amides is 2. The normalized spacial score (nSPS) is 17.7. The first-order chi connectivity index (χ1) is 10.0. The molecule has 0 aromatic heterocycles. The van der Waals surface area contributed by atoms with E-state index in [-0.39, 0.29) is 11.8 Å². The van der Waals surface area contributed by atoms with E-state index < -0.39 is 0 Å². The number of rotatable bonds is 3. The molecular formula is C16H19N3O2. The number of hydrogen-bond acceptors (Lipinski definition) is 3. The second kappa shape index (κ2) is 5.24. The molecule has 2 heterocycles. The number of anilines is 1. The Balaban J connectivity index is 1.84. The predicted molar refractivity (Wildman–Crippen MR) is 80.5 cm³/mol. The molecule has 0 spiro atoms. The van der Waals surface area contributed by atoms with Gasteiger partial charge in [0, 0.05) is 35.6 Å². The van der Waals surface area contributed by atoms with Crippen LogP contribution in [-0.4, -0.2) is 22.8 Å². The Hall–Kier alpha value is -2.30. The van der Waals surface area contributed by atoms with E-state index >= 15 is 0 Å². The van der Waals surface area contributed by atoms with Gasteiger partial charge in [0.15, 0.2) is 0 Å². The minimum atomic E-state index is 0.00586. The molecule has 0 atom stereocenters. The van der Waals surface area contributed by atoms with Crippen LogP contribution in [0.1, 0.15) is 42.6 Å². The maximum absolute atomic E-state index is 12.6. The smallest absolute Gasteiger partial charge is 0.258 e. The summed E-state index contributed by atoms with van der Waals surface area (Å²) >= 11 is 0. The molecule has 5 nitrogen and oxygen atoms in total. The van der Waals surface area contributed by atoms with Crippen molar-refractivity contribution in [1.29, 1.82) is 0 Å². The Morgan fingerprint density at radius 3 is 2.71 bits per heavy atom. The van der Waals surface area contributed by atoms with Gasteiger partial charge >= 0.3 is 0 Å². The topological polar surface area (TPSA) is 61.4 Å². The number of carbonyl (C=O) groups is 2. The van der Waals surface area contributed by atoms with E-state index in [1.807, 2.05) is 18.2 Å². The van der Waals surface area contributed by atoms with Crippen molar-refractivity contribution in [2.24, 2.45) is 0 Å². The maximum Gasteiger partial charge on any atom is 0.258 e. The minimum Gasteiger partial charge on any atom is -0.383 e. The van der Waals surface area contributed by atoms with E-state index in [4.69, 9.17) is 0 Å². The standard InChI is InChI=1S/C16H19N3O2/c1-10(2)18-12-4-3-11-9-19(16(21)14(11)7-12)13-5-6-15(20)17-8-13/h3-4,7-8,10,18H,5-6,9H2,1-2H3,(H,17,20). The molecule has 5 heteroatoms. The number of nitrogens with one attached hydrogen (secondary N) is 2. The van der Waals surface area contributed by atoms with Crippen molar-refractivity contribution in [3.63, 3.8) is 0 Å². The lowest BCUT2D eigenvalue weighted by Gasteiger charge is -2.22. The van der Waals surface area contributed by atoms with Crippen LogP contribution in [0.4, 0.5) is 5.69 Å². The fourth-order valence-corrected chi connectivity index (χ4v) is 2.72. The highest BCUT2D eigenvalue weighted by molar-refractivity contribution is 6.00. The first kappa shape index (κ1) is 13.7. The van der Waals surface area contributed by atoms with Gasteiger partial charge in [-0.15, -0.1) is 0 Å². The summed E-state index contributed by atoms with van der Waals surface area (Å²) in [5, 5.41) is 6.00. The van der Waals surface area contributed by atoms with Crippen LogP contribution in [-0.2, 0) is 11.3 Å². The zero-order chi connectivity index (χ0) is 15.0. The van der Waals surface area contributed by atoms with E-state index in [9.17, 15) is 9.59 Å². The second-order valence-corrected chi connectivity index (χ2v) is 5.77. The summed E-state index contributed by atoms with van der Waals surface area (Å²) < 4.78 is 0. The third kappa shape index (κ3) is 2.63. The SMILES string of the molecule is CC(C)Nc1ccc2c(c1)C(=O)N(C1=CNC(=O)CC1)C2. The molecule has 0 saturated carbocycles. The summed E-state index contributed by atoms with van der Waals surface area (Å²) in [5.41, 5.74) is 3.63. The molecule has 3 rings (SSSR count). The molecule has 1 aromatic rings. The molecule has 2 aliphatic rings. The maximum atomic E-state index is 12.6. The number of fused-ring (bicyclic) bond motifs is 1. The van der Waals surface area contributed by atoms with E-state index in [2.05, 4.69) is 24.5 Å². The summed E-state index contributed by atoms with van der Waals surface area (Å²) in [6, 6.07) is 6.25. The van der Waals surface area contributed by atoms with Crippen molar-refractivity contribution >= 4 is 17.5 Å². The Labute approximate surface area is 124 Å². The average molecular weight is 285 g/mol. The molecule has 0 aliphatic carbocycles. The highest BCUT2D eigenvalue weighted by Gasteiger charge is 2.31. The monoisotopic (exact) mass is 285 g/mol. The van der Waals surface area contributed by atoms with Gasteiger partial charge in [-0.25, -0.2) is 0 Å². The lowest BCUT2D eigenvalue weighted by atomic mass is 10.1. The fourth-order valence-electron chi connectivity index (χ4n) is 2.72. The van der Waals surface area contributed by atoms with Crippen LogP contribution in [0.15, 0.2) is 30.1 Å². The lowest BCUT2D eigenvalue weighted by Crippen LogP contribution is -2.30. The first-order valence-corrected chi connectivity index (χ1v) is 7.24. The van der Waals surface area contributed by atoms with Gasteiger partial charge in [-0.05, 0) is 38.0 Å². The molecule has 2 aliphatic heterocycles. The molecule has 2 N–H and O–H groups in total. The van der Waals surface area contributed by atoms with Gasteiger partial charge in [-0.2, -0.15) is 0 Å². The van der Waals surface area contributed by atoms with Crippen molar-refractivity contribution in [1.82, 2.24) is 10.2 Å². The van der Waals surface area contributed by atoms with E-state index in [1.54, 1.807) is 11.1 Å². The highest BCUT2D eigenvalue weighted by atomic mass is 16.2. The van der Waals surface area contributed by atoms with Crippen LogP contribution in [0.5, 0.6) is 0 Å². The number of nitrogens with zero attached hydrogens (tertiary/aromatic N) is 1. The molecule has 1 aromatic carbocycles. The average Bonchev–Trinajstić information content (AvgIpc) is 2.76. The van der Waals surface area contributed by atoms with E-state index in [1.165, 1.54) is 0 Å². The number of benzene rings is 1. The van der Waals surface area contributed by atoms with Crippen LogP contribution < -0.4 is 10.6 Å². The van der Waals surface area contributed by atoms with Crippen LogP contribution >= 0.6 is 0 Å². The largest absolute Gasteiger partial charge is 0.383 e. The van der Waals surface area contributed by atoms with E-state index in [0.717, 1.165) is 22.5 Å². The molecule has 0 unspecified atom stereocenters. The van der Waals surface area contributed by atoms with Gasteiger partial charge in [-0.1, -0.05) is 6.07 Å². The van der Waals surface area contributed by atoms with Crippen LogP contribution in [0, 0.1) is 0 Å². The molecule has 0 radical (unpaired) electrons. The van der Waals surface area contributed by atoms with Crippen LogP contribution in [0.25, 0.3) is 0 Å². The number of carbonyl (C=O) groups excluding carboxylic acids is 2. The Morgan fingerprint density at radius 1 is 1.24 bits per heavy atom.